The van der Waals surface area contributed by atoms with Crippen molar-refractivity contribution in [2.45, 2.75) is 24.9 Å². The summed E-state index contributed by atoms with van der Waals surface area (Å²) in [5.74, 6) is 1.01. The van der Waals surface area contributed by atoms with Crippen molar-refractivity contribution in [3.8, 4) is 11.5 Å². The van der Waals surface area contributed by atoms with Gasteiger partial charge < -0.3 is 20.0 Å². The Bertz CT molecular complexity index is 896. The van der Waals surface area contributed by atoms with Gasteiger partial charge in [-0.05, 0) is 48.0 Å². The zero-order valence-corrected chi connectivity index (χ0v) is 17.7. The molecule has 2 rings (SSSR count). The van der Waals surface area contributed by atoms with E-state index in [0.717, 1.165) is 12.1 Å². The number of carbonyl (C=O) groups is 1. The summed E-state index contributed by atoms with van der Waals surface area (Å²) in [6.07, 6.45) is -2.50. The minimum atomic E-state index is -4.37. The van der Waals surface area contributed by atoms with Crippen LogP contribution in [0.2, 0.25) is 0 Å². The van der Waals surface area contributed by atoms with Crippen LogP contribution in [0.3, 0.4) is 0 Å². The Balaban J connectivity index is 1.81. The highest BCUT2D eigenvalue weighted by molar-refractivity contribution is 7.20. The summed E-state index contributed by atoms with van der Waals surface area (Å²) in [6.45, 7) is 0.618. The maximum atomic E-state index is 12.5. The van der Waals surface area contributed by atoms with Gasteiger partial charge in [-0.15, -0.1) is 9.24 Å². The Morgan fingerprint density at radius 1 is 1.03 bits per heavy atom. The van der Waals surface area contributed by atoms with Gasteiger partial charge in [0.1, 0.15) is 11.5 Å². The molecule has 31 heavy (non-hydrogen) atoms. The molecule has 9 heteroatoms. The van der Waals surface area contributed by atoms with Crippen LogP contribution in [0.25, 0.3) is 0 Å². The van der Waals surface area contributed by atoms with Crippen LogP contribution in [0.4, 0.5) is 13.2 Å². The minimum absolute atomic E-state index is 0.185. The van der Waals surface area contributed by atoms with E-state index in [1.807, 2.05) is 0 Å². The number of ether oxygens (including phenoxy) is 2. The fourth-order valence-electron chi connectivity index (χ4n) is 2.78. The summed E-state index contributed by atoms with van der Waals surface area (Å²) in [5, 5.41) is 17.1. The summed E-state index contributed by atoms with van der Waals surface area (Å²) in [4.78, 5) is 11.1. The van der Waals surface area contributed by atoms with E-state index in [9.17, 15) is 18.0 Å². The number of hydrogen-bond donors (Lipinski definition) is 2. The number of aliphatic carboxylic acids is 1. The van der Waals surface area contributed by atoms with E-state index in [1.54, 1.807) is 36.2 Å². The Morgan fingerprint density at radius 2 is 1.55 bits per heavy atom. The smallest absolute Gasteiger partial charge is 0.416 e. The molecule has 2 aromatic rings. The molecule has 2 N–H and O–H groups in total. The fourth-order valence-corrected chi connectivity index (χ4v) is 2.98. The van der Waals surface area contributed by atoms with Crippen LogP contribution in [-0.4, -0.2) is 30.0 Å². The molecule has 1 unspecified atom stereocenters. The van der Waals surface area contributed by atoms with Gasteiger partial charge in [0.05, 0.1) is 25.2 Å². The molecule has 5 nitrogen and oxygen atoms in total. The average Bonchev–Trinajstić information content (AvgIpc) is 2.72. The standard InChI is InChI=1S/C22H23F3NO4P/c23-22(24,25)16-4-8-18(9-5-16)30-12-1-11-29-17-6-2-15(3-7-17)19(14-21(27)28)20(26)10-13-31/h2-10,13,19,26H,1,11-12,14,31H2,(H,27,28)/b13-10-,26-20?/t19-/m0/s1. The highest BCUT2D eigenvalue weighted by atomic mass is 31.0. The minimum Gasteiger partial charge on any atom is -0.493 e. The predicted octanol–water partition coefficient (Wildman–Crippen LogP) is 5.52. The second-order valence-corrected chi connectivity index (χ2v) is 6.99. The molecule has 0 bridgehead atoms. The molecule has 0 aromatic heterocycles. The second kappa shape index (κ2) is 11.5. The summed E-state index contributed by atoms with van der Waals surface area (Å²) in [7, 11) is 2.36. The zero-order valence-electron chi connectivity index (χ0n) is 16.6. The summed E-state index contributed by atoms with van der Waals surface area (Å²) >= 11 is 0. The van der Waals surface area contributed by atoms with Gasteiger partial charge in [-0.25, -0.2) is 0 Å². The highest BCUT2D eigenvalue weighted by Crippen LogP contribution is 2.30. The van der Waals surface area contributed by atoms with E-state index in [2.05, 4.69) is 9.24 Å². The van der Waals surface area contributed by atoms with E-state index in [1.165, 1.54) is 12.1 Å². The number of allylic oxidation sites excluding steroid dienone is 1. The first-order valence-corrected chi connectivity index (χ1v) is 10.1. The number of halogens is 3. The van der Waals surface area contributed by atoms with Crippen molar-refractivity contribution in [2.24, 2.45) is 0 Å². The maximum Gasteiger partial charge on any atom is 0.416 e. The molecule has 2 aromatic carbocycles. The van der Waals surface area contributed by atoms with Gasteiger partial charge in [-0.3, -0.25) is 4.79 Å². The van der Waals surface area contributed by atoms with Gasteiger partial charge in [-0.1, -0.05) is 17.9 Å². The quantitative estimate of drug-likeness (QED) is 0.267. The van der Waals surface area contributed by atoms with Gasteiger partial charge >= 0.3 is 12.1 Å². The Hall–Kier alpha value is -2.86. The molecular formula is C22H23F3NO4P. The molecule has 0 saturated heterocycles. The van der Waals surface area contributed by atoms with E-state index in [-0.39, 0.29) is 18.7 Å². The van der Waals surface area contributed by atoms with Crippen LogP contribution >= 0.6 is 9.24 Å². The monoisotopic (exact) mass is 453 g/mol. The van der Waals surface area contributed by atoms with Crippen LogP contribution in [0.1, 0.15) is 29.9 Å². The molecule has 0 heterocycles. The molecule has 0 aliphatic carbocycles. The lowest BCUT2D eigenvalue weighted by molar-refractivity contribution is -0.138. The summed E-state index contributed by atoms with van der Waals surface area (Å²) < 4.78 is 48.6. The topological polar surface area (TPSA) is 79.6 Å². The first-order valence-electron chi connectivity index (χ1n) is 9.42. The van der Waals surface area contributed by atoms with Crippen molar-refractivity contribution < 1.29 is 32.5 Å². The Morgan fingerprint density at radius 3 is 2.00 bits per heavy atom. The zero-order chi connectivity index (χ0) is 22.9. The van der Waals surface area contributed by atoms with Gasteiger partial charge in [-0.2, -0.15) is 13.2 Å². The molecular weight excluding hydrogens is 430 g/mol. The molecule has 0 saturated carbocycles. The van der Waals surface area contributed by atoms with Gasteiger partial charge in [0, 0.05) is 18.1 Å². The SMILES string of the molecule is N=C(/C=C\P)[C@@H](CC(=O)O)c1ccc(OCCCOc2ccc(C(F)(F)F)cc2)cc1. The third-order valence-electron chi connectivity index (χ3n) is 4.32. The van der Waals surface area contributed by atoms with Crippen LogP contribution in [-0.2, 0) is 11.0 Å². The van der Waals surface area contributed by atoms with Gasteiger partial charge in [0.15, 0.2) is 0 Å². The molecule has 0 spiro atoms. The van der Waals surface area contributed by atoms with E-state index in [0.29, 0.717) is 30.1 Å². The highest BCUT2D eigenvalue weighted by Gasteiger charge is 2.30. The number of carboxylic acids is 1. The lowest BCUT2D eigenvalue weighted by atomic mass is 9.91. The maximum absolute atomic E-state index is 12.5. The molecule has 0 radical (unpaired) electrons. The lowest BCUT2D eigenvalue weighted by Crippen LogP contribution is -2.14. The number of hydrogen-bond acceptors (Lipinski definition) is 4. The first-order chi connectivity index (χ1) is 14.7. The second-order valence-electron chi connectivity index (χ2n) is 6.61. The number of benzene rings is 2. The van der Waals surface area contributed by atoms with Crippen molar-refractivity contribution in [3.05, 3.63) is 71.6 Å². The number of alkyl halides is 3. The van der Waals surface area contributed by atoms with Crippen molar-refractivity contribution in [2.75, 3.05) is 13.2 Å². The molecule has 2 atom stereocenters. The summed E-state index contributed by atoms with van der Waals surface area (Å²) in [6, 6.07) is 11.4. The first kappa shape index (κ1) is 24.4. The number of carboxylic acid groups (broad SMARTS) is 1. The van der Waals surface area contributed by atoms with E-state index < -0.39 is 23.6 Å². The molecule has 0 aliphatic heterocycles. The Kier molecular flexibility index (Phi) is 9.06. The number of nitrogens with one attached hydrogen (secondary N) is 1. The van der Waals surface area contributed by atoms with Crippen molar-refractivity contribution in [1.29, 1.82) is 5.41 Å². The van der Waals surface area contributed by atoms with E-state index in [4.69, 9.17) is 20.0 Å². The molecule has 0 fully saturated rings. The lowest BCUT2D eigenvalue weighted by Gasteiger charge is -2.15. The van der Waals surface area contributed by atoms with Crippen molar-refractivity contribution >= 4 is 20.9 Å². The van der Waals surface area contributed by atoms with E-state index >= 15 is 0 Å². The number of rotatable bonds is 11. The fraction of sp³-hybridized carbons (Fsp3) is 0.273. The van der Waals surface area contributed by atoms with Crippen molar-refractivity contribution in [1.82, 2.24) is 0 Å². The van der Waals surface area contributed by atoms with Crippen LogP contribution < -0.4 is 9.47 Å². The third-order valence-corrected chi connectivity index (χ3v) is 4.51. The van der Waals surface area contributed by atoms with Crippen LogP contribution in [0.15, 0.2) is 60.4 Å². The van der Waals surface area contributed by atoms with Crippen molar-refractivity contribution in [3.63, 3.8) is 0 Å². The molecule has 0 aliphatic rings. The molecule has 0 amide bonds. The third kappa shape index (κ3) is 8.06. The van der Waals surface area contributed by atoms with Crippen LogP contribution in [0.5, 0.6) is 11.5 Å². The van der Waals surface area contributed by atoms with Crippen LogP contribution in [0, 0.1) is 5.41 Å². The largest absolute Gasteiger partial charge is 0.493 e. The van der Waals surface area contributed by atoms with Gasteiger partial charge in [0.25, 0.3) is 0 Å². The van der Waals surface area contributed by atoms with Gasteiger partial charge in [0.2, 0.25) is 0 Å². The predicted molar refractivity (Wildman–Crippen MR) is 115 cm³/mol. The summed E-state index contributed by atoms with van der Waals surface area (Å²) in [5.41, 5.74) is 0.178. The molecule has 166 valence electrons. The Labute approximate surface area is 180 Å². The normalized spacial score (nSPS) is 12.5. The average molecular weight is 453 g/mol.